The smallest absolute Gasteiger partial charge is 0.221 e. The van der Waals surface area contributed by atoms with Crippen molar-refractivity contribution in [2.45, 2.75) is 20.8 Å². The third-order valence-corrected chi connectivity index (χ3v) is 5.08. The molecule has 4 rings (SSSR count). The summed E-state index contributed by atoms with van der Waals surface area (Å²) in [7, 11) is 0. The molecule has 1 amide bonds. The van der Waals surface area contributed by atoms with Crippen LogP contribution in [0.5, 0.6) is 0 Å². The van der Waals surface area contributed by atoms with Crippen molar-refractivity contribution in [3.63, 3.8) is 0 Å². The van der Waals surface area contributed by atoms with Gasteiger partial charge in [-0.25, -0.2) is 9.97 Å². The molecule has 2 aromatic carbocycles. The van der Waals surface area contributed by atoms with Gasteiger partial charge in [0.1, 0.15) is 5.82 Å². The zero-order chi connectivity index (χ0) is 21.3. The fraction of sp³-hybridized carbons (Fsp3) is 0.174. The van der Waals surface area contributed by atoms with E-state index in [0.717, 1.165) is 34.4 Å². The molecule has 0 bridgehead atoms. The average Bonchev–Trinajstić information content (AvgIpc) is 2.70. The van der Waals surface area contributed by atoms with Gasteiger partial charge >= 0.3 is 0 Å². The molecular weight excluding hydrogens is 398 g/mol. The number of anilines is 2. The Bertz CT molecular complexity index is 1200. The Hall–Kier alpha value is -3.38. The van der Waals surface area contributed by atoms with E-state index in [1.165, 1.54) is 12.5 Å². The molecule has 3 N–H and O–H groups in total. The highest BCUT2D eigenvalue weighted by Crippen LogP contribution is 2.29. The van der Waals surface area contributed by atoms with Gasteiger partial charge in [0.05, 0.1) is 5.52 Å². The molecule has 30 heavy (non-hydrogen) atoms. The zero-order valence-corrected chi connectivity index (χ0v) is 17.8. The number of fused-ring (bicyclic) bond motifs is 1. The number of benzene rings is 2. The Balaban J connectivity index is 1.86. The molecule has 1 aliphatic heterocycles. The lowest BCUT2D eigenvalue weighted by Gasteiger charge is -2.20. The first-order valence-corrected chi connectivity index (χ1v) is 10.0. The summed E-state index contributed by atoms with van der Waals surface area (Å²) in [5.41, 5.74) is 5.57. The number of rotatable bonds is 4. The predicted molar refractivity (Wildman–Crippen MR) is 122 cm³/mol. The van der Waals surface area contributed by atoms with Crippen LogP contribution in [0.25, 0.3) is 22.3 Å². The third kappa shape index (κ3) is 4.28. The fourth-order valence-electron chi connectivity index (χ4n) is 3.26. The van der Waals surface area contributed by atoms with Crippen molar-refractivity contribution in [1.29, 1.82) is 0 Å². The molecule has 7 heteroatoms. The molecule has 0 fully saturated rings. The van der Waals surface area contributed by atoms with Crippen molar-refractivity contribution in [3.8, 4) is 11.4 Å². The molecule has 0 unspecified atom stereocenters. The van der Waals surface area contributed by atoms with Gasteiger partial charge < -0.3 is 16.0 Å². The lowest BCUT2D eigenvalue weighted by atomic mass is 10.1. The van der Waals surface area contributed by atoms with E-state index >= 15 is 0 Å². The van der Waals surface area contributed by atoms with Crippen LogP contribution in [-0.4, -0.2) is 22.4 Å². The van der Waals surface area contributed by atoms with Crippen LogP contribution in [0.1, 0.15) is 20.8 Å². The van der Waals surface area contributed by atoms with Crippen LogP contribution in [0.4, 0.5) is 11.5 Å². The number of aromatic nitrogens is 2. The maximum atomic E-state index is 11.5. The highest BCUT2D eigenvalue weighted by atomic mass is 35.5. The average molecular weight is 420 g/mol. The summed E-state index contributed by atoms with van der Waals surface area (Å²) >= 11 is 6.04. The summed E-state index contributed by atoms with van der Waals surface area (Å²) in [5.74, 6) is 1.16. The summed E-state index contributed by atoms with van der Waals surface area (Å²) in [6.07, 6.45) is 2.07. The number of nitrogens with zero attached hydrogens (tertiary/aromatic N) is 2. The summed E-state index contributed by atoms with van der Waals surface area (Å²) in [4.78, 5) is 21.0. The van der Waals surface area contributed by atoms with Crippen LogP contribution >= 0.6 is 11.6 Å². The minimum Gasteiger partial charge on any atom is -0.385 e. The van der Waals surface area contributed by atoms with E-state index < -0.39 is 0 Å². The molecule has 152 valence electrons. The van der Waals surface area contributed by atoms with Crippen LogP contribution in [-0.2, 0) is 4.79 Å². The molecular formula is C23H22ClN5O. The van der Waals surface area contributed by atoms with Crippen molar-refractivity contribution >= 4 is 39.9 Å². The van der Waals surface area contributed by atoms with Crippen molar-refractivity contribution < 1.29 is 4.79 Å². The SMILES string of the molecule is CC(=O)Nc1ccc2c(NC3=C(C)CNC(C)=C3)nc(-c3ccc(Cl)cc3)nc2c1. The van der Waals surface area contributed by atoms with E-state index in [4.69, 9.17) is 21.6 Å². The van der Waals surface area contributed by atoms with Crippen molar-refractivity contribution in [1.82, 2.24) is 15.3 Å². The van der Waals surface area contributed by atoms with E-state index in [-0.39, 0.29) is 5.91 Å². The number of halogens is 1. The molecule has 0 atom stereocenters. The van der Waals surface area contributed by atoms with E-state index in [1.807, 2.05) is 49.4 Å². The van der Waals surface area contributed by atoms with E-state index in [1.54, 1.807) is 0 Å². The van der Waals surface area contributed by atoms with Crippen LogP contribution < -0.4 is 16.0 Å². The van der Waals surface area contributed by atoms with Crippen LogP contribution in [0, 0.1) is 0 Å². The van der Waals surface area contributed by atoms with Gasteiger partial charge in [-0.05, 0) is 68.0 Å². The Morgan fingerprint density at radius 2 is 1.87 bits per heavy atom. The number of hydrogen-bond acceptors (Lipinski definition) is 5. The number of carbonyl (C=O) groups excluding carboxylic acids is 1. The van der Waals surface area contributed by atoms with Crippen molar-refractivity contribution in [3.05, 3.63) is 70.5 Å². The second kappa shape index (κ2) is 8.16. The van der Waals surface area contributed by atoms with Gasteiger partial charge in [-0.15, -0.1) is 0 Å². The quantitative estimate of drug-likeness (QED) is 0.548. The molecule has 0 saturated carbocycles. The molecule has 0 spiro atoms. The van der Waals surface area contributed by atoms with Crippen molar-refractivity contribution in [2.75, 3.05) is 17.2 Å². The Labute approximate surface area is 180 Å². The summed E-state index contributed by atoms with van der Waals surface area (Å²) in [5, 5.41) is 11.2. The highest BCUT2D eigenvalue weighted by molar-refractivity contribution is 6.30. The number of allylic oxidation sites excluding steroid dienone is 2. The molecule has 0 aliphatic carbocycles. The first-order chi connectivity index (χ1) is 14.4. The maximum absolute atomic E-state index is 11.5. The number of hydrogen-bond donors (Lipinski definition) is 3. The first-order valence-electron chi connectivity index (χ1n) is 9.63. The second-order valence-electron chi connectivity index (χ2n) is 7.32. The van der Waals surface area contributed by atoms with E-state index in [9.17, 15) is 4.79 Å². The van der Waals surface area contributed by atoms with Gasteiger partial charge in [0, 0.05) is 46.5 Å². The second-order valence-corrected chi connectivity index (χ2v) is 7.75. The summed E-state index contributed by atoms with van der Waals surface area (Å²) in [6, 6.07) is 13.0. The number of dihydropyridines is 1. The number of amides is 1. The zero-order valence-electron chi connectivity index (χ0n) is 17.0. The van der Waals surface area contributed by atoms with Crippen LogP contribution in [0.2, 0.25) is 5.02 Å². The first kappa shape index (κ1) is 19.9. The molecule has 0 saturated heterocycles. The monoisotopic (exact) mass is 419 g/mol. The van der Waals surface area contributed by atoms with E-state index in [0.29, 0.717) is 22.4 Å². The predicted octanol–water partition coefficient (Wildman–Crippen LogP) is 5.10. The summed E-state index contributed by atoms with van der Waals surface area (Å²) < 4.78 is 0. The molecule has 2 heterocycles. The minimum atomic E-state index is -0.129. The van der Waals surface area contributed by atoms with Gasteiger partial charge in [-0.1, -0.05) is 11.6 Å². The normalized spacial score (nSPS) is 13.7. The number of nitrogens with one attached hydrogen (secondary N) is 3. The summed E-state index contributed by atoms with van der Waals surface area (Å²) in [6.45, 7) is 6.38. The Morgan fingerprint density at radius 1 is 1.10 bits per heavy atom. The molecule has 1 aromatic heterocycles. The van der Waals surface area contributed by atoms with Gasteiger partial charge in [-0.2, -0.15) is 0 Å². The molecule has 3 aromatic rings. The fourth-order valence-corrected chi connectivity index (χ4v) is 3.39. The molecule has 6 nitrogen and oxygen atoms in total. The third-order valence-electron chi connectivity index (χ3n) is 4.83. The van der Waals surface area contributed by atoms with Crippen LogP contribution in [0.3, 0.4) is 0 Å². The molecule has 0 radical (unpaired) electrons. The Morgan fingerprint density at radius 3 is 2.60 bits per heavy atom. The highest BCUT2D eigenvalue weighted by Gasteiger charge is 2.14. The minimum absolute atomic E-state index is 0.129. The lowest BCUT2D eigenvalue weighted by molar-refractivity contribution is -0.114. The molecule has 1 aliphatic rings. The van der Waals surface area contributed by atoms with Crippen LogP contribution in [0.15, 0.2) is 65.5 Å². The largest absolute Gasteiger partial charge is 0.385 e. The standard InChI is InChI=1S/C23H22ClN5O/c1-13-12-25-14(2)10-20(13)27-23-19-9-8-18(26-15(3)30)11-21(19)28-22(29-23)16-4-6-17(24)7-5-16/h4-11,25H,12H2,1-3H3,(H,26,30)(H,27,28,29). The maximum Gasteiger partial charge on any atom is 0.221 e. The lowest BCUT2D eigenvalue weighted by Crippen LogP contribution is -2.21. The van der Waals surface area contributed by atoms with Gasteiger partial charge in [0.15, 0.2) is 5.82 Å². The van der Waals surface area contributed by atoms with Gasteiger partial charge in [0.25, 0.3) is 0 Å². The Kier molecular flexibility index (Phi) is 5.42. The van der Waals surface area contributed by atoms with E-state index in [2.05, 4.69) is 29.0 Å². The topological polar surface area (TPSA) is 78.9 Å². The van der Waals surface area contributed by atoms with Gasteiger partial charge in [-0.3, -0.25) is 4.79 Å². The van der Waals surface area contributed by atoms with Gasteiger partial charge in [0.2, 0.25) is 5.91 Å². The number of carbonyl (C=O) groups is 1. The van der Waals surface area contributed by atoms with Crippen molar-refractivity contribution in [2.24, 2.45) is 0 Å².